The molecule has 0 fully saturated rings. The first-order valence-corrected chi connectivity index (χ1v) is 11.3. The van der Waals surface area contributed by atoms with E-state index < -0.39 is 17.7 Å². The molecule has 0 radical (unpaired) electrons. The number of halogens is 3. The van der Waals surface area contributed by atoms with E-state index in [0.29, 0.717) is 16.3 Å². The smallest absolute Gasteiger partial charge is 0.416 e. The molecule has 0 spiro atoms. The van der Waals surface area contributed by atoms with Crippen molar-refractivity contribution in [2.75, 3.05) is 0 Å². The number of ether oxygens (including phenoxy) is 1. The predicted octanol–water partition coefficient (Wildman–Crippen LogP) is 6.87. The van der Waals surface area contributed by atoms with Crippen LogP contribution in [0.1, 0.15) is 27.3 Å². The first-order valence-electron chi connectivity index (χ1n) is 9.61. The Morgan fingerprint density at radius 1 is 1.16 bits per heavy atom. The van der Waals surface area contributed by atoms with E-state index in [9.17, 15) is 18.0 Å². The standard InChI is InChI=1S/C23H18F3NO3S2/c1-12-7-17(9-18-21(12)15(11-31-18)8-20(28)29)30-10-19-13(2)27-22(32-19)14-3-5-16(6-4-14)23(24,25)26/h3-7,9,11H,8,10H2,1-2H3,(H,28,29). The first kappa shape index (κ1) is 22.3. The molecule has 2 heterocycles. The normalized spacial score (nSPS) is 11.8. The lowest BCUT2D eigenvalue weighted by Crippen LogP contribution is -2.03. The number of rotatable bonds is 6. The van der Waals surface area contributed by atoms with Gasteiger partial charge in [0.1, 0.15) is 17.4 Å². The van der Waals surface area contributed by atoms with Gasteiger partial charge in [0, 0.05) is 10.3 Å². The molecule has 166 valence electrons. The van der Waals surface area contributed by atoms with Gasteiger partial charge in [-0.05, 0) is 60.0 Å². The van der Waals surface area contributed by atoms with Crippen LogP contribution in [0.15, 0.2) is 41.8 Å². The van der Waals surface area contributed by atoms with Gasteiger partial charge in [-0.2, -0.15) is 13.2 Å². The highest BCUT2D eigenvalue weighted by molar-refractivity contribution is 7.17. The number of alkyl halides is 3. The molecule has 0 aliphatic heterocycles. The molecule has 4 rings (SSSR count). The van der Waals surface area contributed by atoms with E-state index >= 15 is 0 Å². The Morgan fingerprint density at radius 3 is 2.53 bits per heavy atom. The summed E-state index contributed by atoms with van der Waals surface area (Å²) < 4.78 is 45.3. The van der Waals surface area contributed by atoms with Crippen molar-refractivity contribution >= 4 is 38.7 Å². The lowest BCUT2D eigenvalue weighted by molar-refractivity contribution is -0.138. The summed E-state index contributed by atoms with van der Waals surface area (Å²) in [6.07, 6.45) is -4.39. The Balaban J connectivity index is 1.51. The van der Waals surface area contributed by atoms with Gasteiger partial charge in [-0.1, -0.05) is 12.1 Å². The van der Waals surface area contributed by atoms with E-state index in [1.165, 1.54) is 34.8 Å². The summed E-state index contributed by atoms with van der Waals surface area (Å²) in [5.74, 6) is -0.198. The topological polar surface area (TPSA) is 59.4 Å². The molecular formula is C23H18F3NO3S2. The Morgan fingerprint density at radius 2 is 1.88 bits per heavy atom. The van der Waals surface area contributed by atoms with Crippen LogP contribution in [0.2, 0.25) is 0 Å². The second-order valence-electron chi connectivity index (χ2n) is 7.34. The highest BCUT2D eigenvalue weighted by atomic mass is 32.1. The number of thiophene rings is 1. The van der Waals surface area contributed by atoms with Crippen LogP contribution in [0.4, 0.5) is 13.2 Å². The predicted molar refractivity (Wildman–Crippen MR) is 120 cm³/mol. The zero-order valence-electron chi connectivity index (χ0n) is 17.1. The SMILES string of the molecule is Cc1nc(-c2ccc(C(F)(F)F)cc2)sc1COc1cc(C)c2c(CC(=O)O)csc2c1. The van der Waals surface area contributed by atoms with Crippen LogP contribution in [-0.4, -0.2) is 16.1 Å². The van der Waals surface area contributed by atoms with Gasteiger partial charge >= 0.3 is 12.1 Å². The van der Waals surface area contributed by atoms with Crippen molar-refractivity contribution in [2.45, 2.75) is 33.1 Å². The zero-order valence-corrected chi connectivity index (χ0v) is 18.7. The molecule has 0 aliphatic rings. The summed E-state index contributed by atoms with van der Waals surface area (Å²) in [6.45, 7) is 4.05. The first-order chi connectivity index (χ1) is 15.1. The van der Waals surface area contributed by atoms with Gasteiger partial charge < -0.3 is 9.84 Å². The molecular weight excluding hydrogens is 459 g/mol. The number of carbonyl (C=O) groups is 1. The van der Waals surface area contributed by atoms with Crippen LogP contribution in [0.5, 0.6) is 5.75 Å². The van der Waals surface area contributed by atoms with E-state index in [0.717, 1.165) is 43.9 Å². The molecule has 9 heteroatoms. The maximum Gasteiger partial charge on any atom is 0.416 e. The number of thiazole rings is 1. The van der Waals surface area contributed by atoms with Crippen molar-refractivity contribution in [3.05, 3.63) is 69.0 Å². The third-order valence-corrected chi connectivity index (χ3v) is 7.14. The summed E-state index contributed by atoms with van der Waals surface area (Å²) in [6, 6.07) is 8.74. The van der Waals surface area contributed by atoms with Crippen LogP contribution in [0.25, 0.3) is 20.7 Å². The van der Waals surface area contributed by atoms with Crippen molar-refractivity contribution in [1.82, 2.24) is 4.98 Å². The Kier molecular flexibility index (Phi) is 5.96. The quantitative estimate of drug-likeness (QED) is 0.329. The summed E-state index contributed by atoms with van der Waals surface area (Å²) in [5.41, 5.74) is 2.44. The molecule has 0 saturated heterocycles. The molecule has 0 amide bonds. The van der Waals surface area contributed by atoms with Crippen LogP contribution in [0, 0.1) is 13.8 Å². The highest BCUT2D eigenvalue weighted by Crippen LogP contribution is 2.35. The minimum absolute atomic E-state index is 0.0200. The molecule has 1 N–H and O–H groups in total. The number of aromatic nitrogens is 1. The molecule has 2 aromatic heterocycles. The highest BCUT2D eigenvalue weighted by Gasteiger charge is 2.30. The molecule has 0 saturated carbocycles. The lowest BCUT2D eigenvalue weighted by atomic mass is 10.1. The van der Waals surface area contributed by atoms with Gasteiger partial charge in [0.25, 0.3) is 0 Å². The molecule has 0 atom stereocenters. The third kappa shape index (κ3) is 4.63. The molecule has 0 unspecified atom stereocenters. The number of nitrogens with zero attached hydrogens (tertiary/aromatic N) is 1. The van der Waals surface area contributed by atoms with Crippen LogP contribution < -0.4 is 4.74 Å². The average Bonchev–Trinajstić information content (AvgIpc) is 3.29. The fourth-order valence-corrected chi connectivity index (χ4v) is 5.48. The minimum atomic E-state index is -4.37. The van der Waals surface area contributed by atoms with Gasteiger partial charge in [0.05, 0.1) is 22.6 Å². The van der Waals surface area contributed by atoms with Gasteiger partial charge in [0.15, 0.2) is 0 Å². The van der Waals surface area contributed by atoms with Gasteiger partial charge in [-0.3, -0.25) is 4.79 Å². The van der Waals surface area contributed by atoms with Crippen molar-refractivity contribution < 1.29 is 27.8 Å². The van der Waals surface area contributed by atoms with E-state index in [4.69, 9.17) is 9.84 Å². The number of carboxylic acids is 1. The molecule has 32 heavy (non-hydrogen) atoms. The third-order valence-electron chi connectivity index (χ3n) is 4.99. The number of benzene rings is 2. The fraction of sp³-hybridized carbons (Fsp3) is 0.217. The number of aryl methyl sites for hydroxylation is 2. The summed E-state index contributed by atoms with van der Waals surface area (Å²) in [4.78, 5) is 16.4. The maximum absolute atomic E-state index is 12.8. The molecule has 0 bridgehead atoms. The van der Waals surface area contributed by atoms with Crippen LogP contribution in [0.3, 0.4) is 0 Å². The Hall–Kier alpha value is -2.91. The Bertz CT molecular complexity index is 1290. The van der Waals surface area contributed by atoms with Gasteiger partial charge in [0.2, 0.25) is 0 Å². The lowest BCUT2D eigenvalue weighted by Gasteiger charge is -2.08. The molecule has 4 nitrogen and oxygen atoms in total. The number of hydrogen-bond donors (Lipinski definition) is 1. The fourth-order valence-electron chi connectivity index (χ4n) is 3.43. The number of aliphatic carboxylic acids is 1. The van der Waals surface area contributed by atoms with E-state index in [1.54, 1.807) is 0 Å². The van der Waals surface area contributed by atoms with Gasteiger partial charge in [-0.25, -0.2) is 4.98 Å². The summed E-state index contributed by atoms with van der Waals surface area (Å²) in [5, 5.41) is 12.5. The maximum atomic E-state index is 12.8. The zero-order chi connectivity index (χ0) is 23.0. The van der Waals surface area contributed by atoms with Crippen LogP contribution >= 0.6 is 22.7 Å². The average molecular weight is 478 g/mol. The second-order valence-corrected chi connectivity index (χ2v) is 9.33. The molecule has 4 aromatic rings. The van der Waals surface area contributed by atoms with E-state index in [-0.39, 0.29) is 13.0 Å². The Labute approximate surface area is 189 Å². The van der Waals surface area contributed by atoms with E-state index in [2.05, 4.69) is 4.98 Å². The van der Waals surface area contributed by atoms with E-state index in [1.807, 2.05) is 31.4 Å². The minimum Gasteiger partial charge on any atom is -0.488 e. The summed E-state index contributed by atoms with van der Waals surface area (Å²) in [7, 11) is 0. The number of fused-ring (bicyclic) bond motifs is 1. The van der Waals surface area contributed by atoms with Crippen molar-refractivity contribution in [3.63, 3.8) is 0 Å². The summed E-state index contributed by atoms with van der Waals surface area (Å²) >= 11 is 2.86. The van der Waals surface area contributed by atoms with Crippen molar-refractivity contribution in [1.29, 1.82) is 0 Å². The largest absolute Gasteiger partial charge is 0.488 e. The molecule has 2 aromatic carbocycles. The van der Waals surface area contributed by atoms with Crippen molar-refractivity contribution in [2.24, 2.45) is 0 Å². The van der Waals surface area contributed by atoms with Crippen LogP contribution in [-0.2, 0) is 24.0 Å². The molecule has 0 aliphatic carbocycles. The number of carboxylic acid groups (broad SMARTS) is 1. The second kappa shape index (κ2) is 8.55. The number of hydrogen-bond acceptors (Lipinski definition) is 5. The van der Waals surface area contributed by atoms with Crippen molar-refractivity contribution in [3.8, 4) is 16.3 Å². The monoisotopic (exact) mass is 477 g/mol. The van der Waals surface area contributed by atoms with Gasteiger partial charge in [-0.15, -0.1) is 22.7 Å².